The summed E-state index contributed by atoms with van der Waals surface area (Å²) < 4.78 is 15.7. The van der Waals surface area contributed by atoms with Crippen molar-refractivity contribution in [3.63, 3.8) is 0 Å². The first-order valence-corrected chi connectivity index (χ1v) is 10.3. The molecule has 0 atom stereocenters. The summed E-state index contributed by atoms with van der Waals surface area (Å²) in [5, 5.41) is 1.37. The summed E-state index contributed by atoms with van der Waals surface area (Å²) in [4.78, 5) is 19.7. The molecule has 3 rings (SSSR count). The standard InChI is InChI=1S/C22H21ClFN3OS/c1-15(8-7-13-26(2)3)27-21(28)16-9-4-5-12-20(16)25-22(27)29-14-17-18(23)10-6-11-19(17)24/h4-13H,14H2,1-3H3/b13-7-,15-8+. The van der Waals surface area contributed by atoms with E-state index in [2.05, 4.69) is 4.98 Å². The van der Waals surface area contributed by atoms with Crippen molar-refractivity contribution in [3.05, 3.63) is 87.6 Å². The number of para-hydroxylation sites is 1. The van der Waals surface area contributed by atoms with E-state index in [0.717, 1.165) is 0 Å². The molecule has 2 aromatic carbocycles. The predicted octanol–water partition coefficient (Wildman–Crippen LogP) is 5.42. The fourth-order valence-corrected chi connectivity index (χ4v) is 4.15. The fraction of sp³-hybridized carbons (Fsp3) is 0.182. The number of aromatic nitrogens is 2. The molecule has 0 unspecified atom stereocenters. The van der Waals surface area contributed by atoms with Crippen molar-refractivity contribution >= 4 is 40.0 Å². The van der Waals surface area contributed by atoms with Gasteiger partial charge in [0, 0.05) is 36.1 Å². The van der Waals surface area contributed by atoms with E-state index in [0.29, 0.717) is 32.3 Å². The normalized spacial score (nSPS) is 12.1. The van der Waals surface area contributed by atoms with Crippen molar-refractivity contribution < 1.29 is 4.39 Å². The Labute approximate surface area is 178 Å². The molecule has 0 saturated carbocycles. The van der Waals surface area contributed by atoms with E-state index in [1.54, 1.807) is 28.8 Å². The van der Waals surface area contributed by atoms with Crippen LogP contribution in [0.3, 0.4) is 0 Å². The van der Waals surface area contributed by atoms with Gasteiger partial charge in [0.25, 0.3) is 5.56 Å². The molecule has 0 saturated heterocycles. The third-order valence-electron chi connectivity index (χ3n) is 4.23. The Kier molecular flexibility index (Phi) is 6.77. The van der Waals surface area contributed by atoms with Gasteiger partial charge in [-0.3, -0.25) is 9.36 Å². The average Bonchev–Trinajstić information content (AvgIpc) is 2.67. The summed E-state index contributed by atoms with van der Waals surface area (Å²) in [5.74, 6) is -0.113. The molecule has 0 N–H and O–H groups in total. The van der Waals surface area contributed by atoms with Crippen molar-refractivity contribution in [2.24, 2.45) is 0 Å². The van der Waals surface area contributed by atoms with Gasteiger partial charge in [0.15, 0.2) is 5.16 Å². The Bertz CT molecular complexity index is 1130. The second-order valence-electron chi connectivity index (χ2n) is 6.65. The first-order valence-electron chi connectivity index (χ1n) is 8.98. The molecule has 3 aromatic rings. The maximum Gasteiger partial charge on any atom is 0.266 e. The van der Waals surface area contributed by atoms with Crippen LogP contribution in [0.2, 0.25) is 5.02 Å². The zero-order chi connectivity index (χ0) is 21.0. The molecule has 0 aliphatic carbocycles. The number of rotatable bonds is 6. The third kappa shape index (κ3) is 4.89. The molecule has 150 valence electrons. The Balaban J connectivity index is 2.08. The molecular formula is C22H21ClFN3OS. The van der Waals surface area contributed by atoms with Crippen LogP contribution >= 0.6 is 23.4 Å². The number of hydrogen-bond acceptors (Lipinski definition) is 4. The summed E-state index contributed by atoms with van der Waals surface area (Å²) >= 11 is 7.43. The highest BCUT2D eigenvalue weighted by molar-refractivity contribution is 7.98. The quantitative estimate of drug-likeness (QED) is 0.298. The van der Waals surface area contributed by atoms with Crippen LogP contribution in [0.15, 0.2) is 70.8 Å². The van der Waals surface area contributed by atoms with Crippen molar-refractivity contribution in [1.82, 2.24) is 14.5 Å². The topological polar surface area (TPSA) is 38.1 Å². The summed E-state index contributed by atoms with van der Waals surface area (Å²) in [6.07, 6.45) is 5.59. The second-order valence-corrected chi connectivity index (χ2v) is 8.00. The Morgan fingerprint density at radius 3 is 2.72 bits per heavy atom. The minimum absolute atomic E-state index is 0.162. The van der Waals surface area contributed by atoms with Gasteiger partial charge in [-0.1, -0.05) is 41.6 Å². The van der Waals surface area contributed by atoms with Gasteiger partial charge in [0.05, 0.1) is 10.9 Å². The number of allylic oxidation sites excluding steroid dienone is 3. The smallest absolute Gasteiger partial charge is 0.266 e. The lowest BCUT2D eigenvalue weighted by atomic mass is 10.2. The van der Waals surface area contributed by atoms with E-state index in [1.165, 1.54) is 17.8 Å². The van der Waals surface area contributed by atoms with Crippen LogP contribution in [0.4, 0.5) is 4.39 Å². The third-order valence-corrected chi connectivity index (χ3v) is 5.55. The molecule has 0 fully saturated rings. The van der Waals surface area contributed by atoms with Crippen molar-refractivity contribution in [3.8, 4) is 0 Å². The van der Waals surface area contributed by atoms with Crippen LogP contribution < -0.4 is 5.56 Å². The molecular weight excluding hydrogens is 409 g/mol. The lowest BCUT2D eigenvalue weighted by molar-refractivity contribution is 0.564. The van der Waals surface area contributed by atoms with Gasteiger partial charge in [0.2, 0.25) is 0 Å². The number of halogens is 2. The Hall–Kier alpha value is -2.57. The first kappa shape index (κ1) is 21.1. The average molecular weight is 430 g/mol. The van der Waals surface area contributed by atoms with Crippen molar-refractivity contribution in [2.75, 3.05) is 14.1 Å². The van der Waals surface area contributed by atoms with E-state index in [4.69, 9.17) is 11.6 Å². The van der Waals surface area contributed by atoms with Gasteiger partial charge in [-0.15, -0.1) is 0 Å². The molecule has 4 nitrogen and oxygen atoms in total. The molecule has 29 heavy (non-hydrogen) atoms. The van der Waals surface area contributed by atoms with Gasteiger partial charge in [-0.2, -0.15) is 0 Å². The monoisotopic (exact) mass is 429 g/mol. The van der Waals surface area contributed by atoms with Crippen molar-refractivity contribution in [2.45, 2.75) is 17.8 Å². The van der Waals surface area contributed by atoms with Gasteiger partial charge < -0.3 is 4.90 Å². The van der Waals surface area contributed by atoms with E-state index in [-0.39, 0.29) is 17.1 Å². The van der Waals surface area contributed by atoms with Gasteiger partial charge in [0.1, 0.15) is 5.82 Å². The predicted molar refractivity (Wildman–Crippen MR) is 120 cm³/mol. The zero-order valence-corrected chi connectivity index (χ0v) is 18.0. The molecule has 0 aliphatic rings. The molecule has 1 heterocycles. The molecule has 1 aromatic heterocycles. The summed E-state index contributed by atoms with van der Waals surface area (Å²) in [6.45, 7) is 1.85. The summed E-state index contributed by atoms with van der Waals surface area (Å²) in [6, 6.07) is 11.8. The lowest BCUT2D eigenvalue weighted by Crippen LogP contribution is -2.22. The van der Waals surface area contributed by atoms with Crippen LogP contribution in [0.5, 0.6) is 0 Å². The molecule has 0 aliphatic heterocycles. The zero-order valence-electron chi connectivity index (χ0n) is 16.4. The highest BCUT2D eigenvalue weighted by Gasteiger charge is 2.15. The van der Waals surface area contributed by atoms with Crippen LogP contribution in [-0.2, 0) is 5.75 Å². The number of hydrogen-bond donors (Lipinski definition) is 0. The van der Waals surface area contributed by atoms with Crippen LogP contribution in [0.1, 0.15) is 12.5 Å². The maximum absolute atomic E-state index is 14.2. The maximum atomic E-state index is 14.2. The molecule has 0 amide bonds. The SMILES string of the molecule is C/C(=C\C=C/N(C)C)n1c(SCc2c(F)cccc2Cl)nc2ccccc2c1=O. The van der Waals surface area contributed by atoms with E-state index in [1.807, 2.05) is 56.4 Å². The Morgan fingerprint density at radius 1 is 1.24 bits per heavy atom. The van der Waals surface area contributed by atoms with E-state index >= 15 is 0 Å². The second kappa shape index (κ2) is 9.29. The minimum atomic E-state index is -0.374. The van der Waals surface area contributed by atoms with Gasteiger partial charge in [-0.25, -0.2) is 9.37 Å². The first-order chi connectivity index (χ1) is 13.9. The fourth-order valence-electron chi connectivity index (χ4n) is 2.76. The number of fused-ring (bicyclic) bond motifs is 1. The highest BCUT2D eigenvalue weighted by Crippen LogP contribution is 2.29. The lowest BCUT2D eigenvalue weighted by Gasteiger charge is -2.14. The number of nitrogens with zero attached hydrogens (tertiary/aromatic N) is 3. The van der Waals surface area contributed by atoms with Crippen molar-refractivity contribution in [1.29, 1.82) is 0 Å². The van der Waals surface area contributed by atoms with Crippen LogP contribution in [-0.4, -0.2) is 28.5 Å². The van der Waals surface area contributed by atoms with E-state index < -0.39 is 0 Å². The van der Waals surface area contributed by atoms with Crippen LogP contribution in [0, 0.1) is 5.82 Å². The van der Waals surface area contributed by atoms with E-state index in [9.17, 15) is 9.18 Å². The number of thioether (sulfide) groups is 1. The molecule has 7 heteroatoms. The Morgan fingerprint density at radius 2 is 2.00 bits per heavy atom. The van der Waals surface area contributed by atoms with Crippen LogP contribution in [0.25, 0.3) is 16.6 Å². The number of benzene rings is 2. The minimum Gasteiger partial charge on any atom is -0.383 e. The highest BCUT2D eigenvalue weighted by atomic mass is 35.5. The summed E-state index contributed by atoms with van der Waals surface area (Å²) in [7, 11) is 3.84. The van der Waals surface area contributed by atoms with Gasteiger partial charge >= 0.3 is 0 Å². The molecule has 0 bridgehead atoms. The molecule has 0 radical (unpaired) electrons. The largest absolute Gasteiger partial charge is 0.383 e. The summed E-state index contributed by atoms with van der Waals surface area (Å²) in [5.41, 5.74) is 1.55. The molecule has 0 spiro atoms. The van der Waals surface area contributed by atoms with Gasteiger partial charge in [-0.05, 0) is 49.5 Å².